The van der Waals surface area contributed by atoms with E-state index in [1.165, 1.54) is 0 Å². The van der Waals surface area contributed by atoms with Crippen LogP contribution in [0.1, 0.15) is 27.9 Å². The summed E-state index contributed by atoms with van der Waals surface area (Å²) < 4.78 is 6.96. The maximum absolute atomic E-state index is 13.1. The van der Waals surface area contributed by atoms with Crippen LogP contribution in [0.3, 0.4) is 0 Å². The summed E-state index contributed by atoms with van der Waals surface area (Å²) >= 11 is 1.65. The van der Waals surface area contributed by atoms with Crippen LogP contribution in [0.15, 0.2) is 60.7 Å². The van der Waals surface area contributed by atoms with Crippen molar-refractivity contribution in [3.63, 3.8) is 0 Å². The number of aromatic nitrogens is 1. The average molecular weight is 543 g/mol. The molecule has 8 nitrogen and oxygen atoms in total. The number of aliphatic hydroxyl groups is 1. The van der Waals surface area contributed by atoms with Crippen LogP contribution >= 0.6 is 11.3 Å². The molecular weight excluding hydrogens is 512 g/mol. The lowest BCUT2D eigenvalue weighted by Gasteiger charge is -2.40. The number of ketones is 1. The number of β-amino-alcohol motifs (C(OH)–C–C–N with tert-alkyl or cyclic N) is 1. The molecule has 2 amide bonds. The van der Waals surface area contributed by atoms with Gasteiger partial charge in [0.2, 0.25) is 0 Å². The number of aliphatic hydroxyl groups excluding tert-OH is 1. The van der Waals surface area contributed by atoms with Crippen molar-refractivity contribution >= 4 is 39.1 Å². The summed E-state index contributed by atoms with van der Waals surface area (Å²) in [4.78, 5) is 34.2. The number of amides is 2. The maximum Gasteiger partial charge on any atom is 0.321 e. The quantitative estimate of drug-likeness (QED) is 0.320. The SMILES string of the molecule is Cc1nc2cc(OC[C@H](O)CN3CCN(C(=O)Nc4ccc5c(c4)-c4ccccc4C5=O)C[C@@H]3C)ccc2s1. The van der Waals surface area contributed by atoms with Crippen LogP contribution in [0.4, 0.5) is 10.5 Å². The molecule has 9 heteroatoms. The first-order valence-electron chi connectivity index (χ1n) is 13.1. The number of benzene rings is 3. The Morgan fingerprint density at radius 3 is 2.72 bits per heavy atom. The highest BCUT2D eigenvalue weighted by molar-refractivity contribution is 7.18. The molecule has 2 N–H and O–H groups in total. The predicted octanol–water partition coefficient (Wildman–Crippen LogP) is 4.79. The number of nitrogens with one attached hydrogen (secondary N) is 1. The van der Waals surface area contributed by atoms with Gasteiger partial charge >= 0.3 is 6.03 Å². The third kappa shape index (κ3) is 5.13. The summed E-state index contributed by atoms with van der Waals surface area (Å²) in [6, 6.07) is 18.7. The van der Waals surface area contributed by atoms with Crippen LogP contribution in [0.5, 0.6) is 5.75 Å². The molecule has 2 atom stereocenters. The number of ether oxygens (including phenoxy) is 1. The molecule has 1 aliphatic heterocycles. The van der Waals surface area contributed by atoms with Crippen LogP contribution in [-0.4, -0.2) is 76.6 Å². The molecule has 3 aromatic carbocycles. The van der Waals surface area contributed by atoms with Crippen molar-refractivity contribution in [2.45, 2.75) is 26.0 Å². The molecule has 1 fully saturated rings. The number of aryl methyl sites for hydroxylation is 1. The minimum atomic E-state index is -0.655. The van der Waals surface area contributed by atoms with E-state index in [2.05, 4.69) is 22.1 Å². The zero-order valence-corrected chi connectivity index (χ0v) is 22.7. The van der Waals surface area contributed by atoms with E-state index in [0.717, 1.165) is 26.4 Å². The summed E-state index contributed by atoms with van der Waals surface area (Å²) in [5, 5.41) is 14.6. The van der Waals surface area contributed by atoms with E-state index in [1.54, 1.807) is 28.4 Å². The Hall–Kier alpha value is -3.79. The molecule has 2 heterocycles. The van der Waals surface area contributed by atoms with Crippen molar-refractivity contribution < 1.29 is 19.4 Å². The number of hydrogen-bond acceptors (Lipinski definition) is 7. The van der Waals surface area contributed by atoms with Crippen LogP contribution < -0.4 is 10.1 Å². The number of nitrogens with zero attached hydrogens (tertiary/aromatic N) is 3. The van der Waals surface area contributed by atoms with Crippen molar-refractivity contribution in [1.29, 1.82) is 0 Å². The number of carbonyl (C=O) groups excluding carboxylic acids is 2. The molecule has 0 saturated carbocycles. The minimum Gasteiger partial charge on any atom is -0.491 e. The number of thiazole rings is 1. The highest BCUT2D eigenvalue weighted by Gasteiger charge is 2.29. The van der Waals surface area contributed by atoms with Crippen LogP contribution in [-0.2, 0) is 0 Å². The second-order valence-corrected chi connectivity index (χ2v) is 11.4. The van der Waals surface area contributed by atoms with Gasteiger partial charge < -0.3 is 20.1 Å². The lowest BCUT2D eigenvalue weighted by Crippen LogP contribution is -2.56. The first-order chi connectivity index (χ1) is 18.9. The first kappa shape index (κ1) is 25.5. The van der Waals surface area contributed by atoms with Crippen LogP contribution in [0.25, 0.3) is 21.3 Å². The van der Waals surface area contributed by atoms with E-state index in [9.17, 15) is 14.7 Å². The highest BCUT2D eigenvalue weighted by atomic mass is 32.1. The minimum absolute atomic E-state index is 0.0200. The number of rotatable bonds is 6. The van der Waals surface area contributed by atoms with Crippen molar-refractivity contribution in [3.8, 4) is 16.9 Å². The molecule has 4 aromatic rings. The third-order valence-electron chi connectivity index (χ3n) is 7.38. The second kappa shape index (κ2) is 10.4. The molecule has 2 aliphatic rings. The summed E-state index contributed by atoms with van der Waals surface area (Å²) in [5.74, 6) is 0.715. The van der Waals surface area contributed by atoms with Crippen LogP contribution in [0.2, 0.25) is 0 Å². The highest BCUT2D eigenvalue weighted by Crippen LogP contribution is 2.38. The fourth-order valence-corrected chi connectivity index (χ4v) is 6.19. The number of hydrogen-bond donors (Lipinski definition) is 2. The summed E-state index contributed by atoms with van der Waals surface area (Å²) in [6.07, 6.45) is -0.655. The van der Waals surface area contributed by atoms with Gasteiger partial charge in [0.25, 0.3) is 0 Å². The molecule has 1 saturated heterocycles. The summed E-state index contributed by atoms with van der Waals surface area (Å²) in [7, 11) is 0. The zero-order valence-electron chi connectivity index (χ0n) is 21.9. The Morgan fingerprint density at radius 2 is 1.90 bits per heavy atom. The van der Waals surface area contributed by atoms with E-state index in [0.29, 0.717) is 48.7 Å². The number of carbonyl (C=O) groups is 2. The number of anilines is 1. The van der Waals surface area contributed by atoms with Gasteiger partial charge in [0.1, 0.15) is 18.5 Å². The van der Waals surface area contributed by atoms with Gasteiger partial charge in [-0.15, -0.1) is 11.3 Å². The van der Waals surface area contributed by atoms with Gasteiger partial charge in [-0.05, 0) is 55.3 Å². The standard InChI is InChI=1S/C30H30N4O4S/c1-18-15-34(30(37)32-20-7-9-25-26(13-20)23-5-3-4-6-24(23)29(25)36)12-11-33(18)16-21(35)17-38-22-8-10-28-27(14-22)31-19(2)39-28/h3-10,13-14,18,21,35H,11-12,15-17H2,1-2H3,(H,32,37)/t18-,21+/m0/s1. The Balaban J connectivity index is 1.01. The Kier molecular flexibility index (Phi) is 6.80. The van der Waals surface area contributed by atoms with Crippen molar-refractivity contribution in [1.82, 2.24) is 14.8 Å². The third-order valence-corrected chi connectivity index (χ3v) is 8.34. The lowest BCUT2D eigenvalue weighted by atomic mass is 10.1. The van der Waals surface area contributed by atoms with Gasteiger partial charge in [0.15, 0.2) is 5.78 Å². The van der Waals surface area contributed by atoms with Crippen molar-refractivity contribution in [2.24, 2.45) is 0 Å². The van der Waals surface area contributed by atoms with Crippen molar-refractivity contribution in [3.05, 3.63) is 76.8 Å². The van der Waals surface area contributed by atoms with Crippen LogP contribution in [0, 0.1) is 6.92 Å². The molecule has 0 unspecified atom stereocenters. The van der Waals surface area contributed by atoms with Gasteiger partial charge in [0.05, 0.1) is 15.2 Å². The zero-order chi connectivity index (χ0) is 27.1. The van der Waals surface area contributed by atoms with Crippen molar-refractivity contribution in [2.75, 3.05) is 38.1 Å². The van der Waals surface area contributed by atoms with Gasteiger partial charge in [-0.3, -0.25) is 9.69 Å². The Labute approximate surface area is 230 Å². The van der Waals surface area contributed by atoms with E-state index in [-0.39, 0.29) is 24.5 Å². The average Bonchev–Trinajstić information content (AvgIpc) is 3.44. The van der Waals surface area contributed by atoms with Gasteiger partial charge in [-0.1, -0.05) is 24.3 Å². The topological polar surface area (TPSA) is 95.0 Å². The smallest absolute Gasteiger partial charge is 0.321 e. The maximum atomic E-state index is 13.1. The monoisotopic (exact) mass is 542 g/mol. The first-order valence-corrected chi connectivity index (χ1v) is 13.9. The fraction of sp³-hybridized carbons (Fsp3) is 0.300. The normalized spacial score (nSPS) is 17.7. The number of fused-ring (bicyclic) bond motifs is 4. The molecule has 200 valence electrons. The largest absolute Gasteiger partial charge is 0.491 e. The van der Waals surface area contributed by atoms with Gasteiger partial charge in [0, 0.05) is 55.1 Å². The van der Waals surface area contributed by atoms with E-state index in [1.807, 2.05) is 55.5 Å². The molecule has 6 rings (SSSR count). The molecule has 0 spiro atoms. The predicted molar refractivity (Wildman–Crippen MR) is 153 cm³/mol. The van der Waals surface area contributed by atoms with E-state index >= 15 is 0 Å². The molecule has 0 bridgehead atoms. The molecule has 1 aromatic heterocycles. The second-order valence-electron chi connectivity index (χ2n) is 10.2. The van der Waals surface area contributed by atoms with Gasteiger partial charge in [-0.2, -0.15) is 0 Å². The summed E-state index contributed by atoms with van der Waals surface area (Å²) in [5.41, 5.74) is 4.69. The number of urea groups is 1. The summed E-state index contributed by atoms with van der Waals surface area (Å²) in [6.45, 7) is 6.44. The molecule has 1 aliphatic carbocycles. The number of piperazine rings is 1. The Bertz CT molecular complexity index is 1570. The Morgan fingerprint density at radius 1 is 1.10 bits per heavy atom. The van der Waals surface area contributed by atoms with E-state index < -0.39 is 6.10 Å². The molecular formula is C30H30N4O4S. The molecule has 39 heavy (non-hydrogen) atoms. The van der Waals surface area contributed by atoms with Gasteiger partial charge in [-0.25, -0.2) is 9.78 Å². The van der Waals surface area contributed by atoms with E-state index in [4.69, 9.17) is 4.74 Å². The molecule has 0 radical (unpaired) electrons. The lowest BCUT2D eigenvalue weighted by molar-refractivity contribution is 0.0307. The fourth-order valence-electron chi connectivity index (χ4n) is 5.39.